The summed E-state index contributed by atoms with van der Waals surface area (Å²) in [5, 5.41) is 6.67. The Labute approximate surface area is 153 Å². The first-order valence-electron chi connectivity index (χ1n) is 7.60. The minimum Gasteiger partial charge on any atom is -0.406 e. The molecule has 1 aromatic heterocycles. The highest BCUT2D eigenvalue weighted by Gasteiger charge is 2.21. The first-order chi connectivity index (χ1) is 12.5. The van der Waals surface area contributed by atoms with Crippen molar-refractivity contribution in [3.63, 3.8) is 0 Å². The van der Waals surface area contributed by atoms with Crippen molar-refractivity contribution in [3.8, 4) is 16.9 Å². The monoisotopic (exact) mass is 377 g/mol. The Kier molecular flexibility index (Phi) is 5.18. The molecule has 0 aliphatic carbocycles. The topological polar surface area (TPSA) is 56.1 Å². The summed E-state index contributed by atoms with van der Waals surface area (Å²) >= 11 is 6.22. The number of rotatable bonds is 4. The molecule has 0 aliphatic heterocycles. The number of hydrogen-bond acceptors (Lipinski definition) is 3. The normalized spacial score (nSPS) is 10.8. The zero-order chi connectivity index (χ0) is 18.7. The number of ether oxygens (including phenoxy) is 1. The van der Waals surface area contributed by atoms with Crippen LogP contribution in [0.4, 0.5) is 19.3 Å². The molecule has 134 valence electrons. The molecule has 0 bridgehead atoms. The van der Waals surface area contributed by atoms with Gasteiger partial charge in [-0.3, -0.25) is 10.00 Å². The van der Waals surface area contributed by atoms with Crippen molar-refractivity contribution in [2.75, 3.05) is 5.32 Å². The minimum atomic E-state index is -2.85. The summed E-state index contributed by atoms with van der Waals surface area (Å²) < 4.78 is 32.1. The van der Waals surface area contributed by atoms with E-state index in [0.717, 1.165) is 10.2 Å². The van der Waals surface area contributed by atoms with Crippen molar-refractivity contribution in [1.82, 2.24) is 9.78 Å². The average molecular weight is 378 g/mol. The Balaban J connectivity index is 1.84. The predicted octanol–water partition coefficient (Wildman–Crippen LogP) is 5.29. The van der Waals surface area contributed by atoms with Crippen molar-refractivity contribution in [1.29, 1.82) is 0 Å². The lowest BCUT2D eigenvalue weighted by atomic mass is 10.0. The molecule has 0 fully saturated rings. The lowest BCUT2D eigenvalue weighted by Gasteiger charge is -2.12. The van der Waals surface area contributed by atoms with Gasteiger partial charge >= 0.3 is 6.09 Å². The Hall–Kier alpha value is -2.93. The maximum absolute atomic E-state index is 12.9. The van der Waals surface area contributed by atoms with Crippen LogP contribution in [0.5, 0.6) is 5.75 Å². The van der Waals surface area contributed by atoms with Crippen LogP contribution >= 0.6 is 11.6 Å². The molecule has 0 atom stereocenters. The molecule has 5 nitrogen and oxygen atoms in total. The summed E-state index contributed by atoms with van der Waals surface area (Å²) in [5.74, 6) is -0.296. The number of nitrogens with one attached hydrogen (secondary N) is 1. The molecule has 0 radical (unpaired) electrons. The molecular weight excluding hydrogens is 364 g/mol. The number of aryl methyl sites for hydroxylation is 1. The largest absolute Gasteiger partial charge is 0.417 e. The van der Waals surface area contributed by atoms with E-state index in [1.54, 1.807) is 36.4 Å². The average Bonchev–Trinajstić information content (AvgIpc) is 2.96. The smallest absolute Gasteiger partial charge is 0.406 e. The summed E-state index contributed by atoms with van der Waals surface area (Å²) in [6.07, 6.45) is -2.55. The second kappa shape index (κ2) is 7.53. The van der Waals surface area contributed by atoms with E-state index in [1.807, 2.05) is 12.1 Å². The van der Waals surface area contributed by atoms with Crippen molar-refractivity contribution in [3.05, 3.63) is 65.4 Å². The van der Waals surface area contributed by atoms with Crippen LogP contribution in [0.25, 0.3) is 11.1 Å². The zero-order valence-electron chi connectivity index (χ0n) is 13.6. The molecule has 0 saturated carbocycles. The number of amides is 1. The summed E-state index contributed by atoms with van der Waals surface area (Å²) in [6.45, 7) is 0. The van der Waals surface area contributed by atoms with Gasteiger partial charge in [0, 0.05) is 23.2 Å². The molecule has 1 amide bonds. The molecule has 1 N–H and O–H groups in total. The van der Waals surface area contributed by atoms with Gasteiger partial charge < -0.3 is 4.74 Å². The van der Waals surface area contributed by atoms with Gasteiger partial charge in [0.2, 0.25) is 0 Å². The second-order valence-corrected chi connectivity index (χ2v) is 5.80. The molecule has 0 aliphatic rings. The van der Waals surface area contributed by atoms with Gasteiger partial charge in [0.15, 0.2) is 11.4 Å². The Morgan fingerprint density at radius 2 is 1.81 bits per heavy atom. The van der Waals surface area contributed by atoms with Crippen LogP contribution in [0.15, 0.2) is 54.7 Å². The van der Waals surface area contributed by atoms with E-state index in [-0.39, 0.29) is 5.75 Å². The van der Waals surface area contributed by atoms with Crippen molar-refractivity contribution >= 4 is 23.4 Å². The molecule has 8 heteroatoms. The molecular formula is C18H14ClF2N3O2. The number of halogens is 3. The van der Waals surface area contributed by atoms with Crippen LogP contribution in [-0.4, -0.2) is 15.9 Å². The number of para-hydroxylation sites is 1. The van der Waals surface area contributed by atoms with Crippen LogP contribution in [0.1, 0.15) is 12.1 Å². The fourth-order valence-electron chi connectivity index (χ4n) is 2.46. The van der Waals surface area contributed by atoms with E-state index < -0.39 is 18.2 Å². The number of carbonyl (C=O) groups is 1. The van der Waals surface area contributed by atoms with Crippen LogP contribution in [0.3, 0.4) is 0 Å². The van der Waals surface area contributed by atoms with Crippen molar-refractivity contribution in [2.45, 2.75) is 6.43 Å². The van der Waals surface area contributed by atoms with Gasteiger partial charge in [-0.25, -0.2) is 13.6 Å². The molecule has 0 saturated heterocycles. The lowest BCUT2D eigenvalue weighted by molar-refractivity contribution is 0.141. The van der Waals surface area contributed by atoms with Gasteiger partial charge in [0.25, 0.3) is 6.43 Å². The third kappa shape index (κ3) is 3.83. The first kappa shape index (κ1) is 17.9. The molecule has 0 spiro atoms. The highest BCUT2D eigenvalue weighted by molar-refractivity contribution is 6.33. The molecule has 3 aromatic rings. The second-order valence-electron chi connectivity index (χ2n) is 5.39. The quantitative estimate of drug-likeness (QED) is 0.672. The van der Waals surface area contributed by atoms with E-state index in [4.69, 9.17) is 16.3 Å². The number of hydrogen-bond donors (Lipinski definition) is 1. The molecule has 26 heavy (non-hydrogen) atoms. The van der Waals surface area contributed by atoms with E-state index in [0.29, 0.717) is 16.3 Å². The summed E-state index contributed by atoms with van der Waals surface area (Å²) in [4.78, 5) is 12.2. The van der Waals surface area contributed by atoms with E-state index in [2.05, 4.69) is 10.4 Å². The lowest BCUT2D eigenvalue weighted by Crippen LogP contribution is -2.17. The third-order valence-electron chi connectivity index (χ3n) is 3.56. The number of benzene rings is 2. The van der Waals surface area contributed by atoms with Crippen LogP contribution in [-0.2, 0) is 7.05 Å². The Bertz CT molecular complexity index is 944. The molecule has 1 heterocycles. The van der Waals surface area contributed by atoms with Crippen molar-refractivity contribution in [2.24, 2.45) is 7.05 Å². The van der Waals surface area contributed by atoms with Gasteiger partial charge in [-0.2, -0.15) is 5.10 Å². The van der Waals surface area contributed by atoms with Gasteiger partial charge in [0.1, 0.15) is 0 Å². The zero-order valence-corrected chi connectivity index (χ0v) is 14.4. The Morgan fingerprint density at radius 3 is 2.50 bits per heavy atom. The van der Waals surface area contributed by atoms with E-state index >= 15 is 0 Å². The maximum atomic E-state index is 12.9. The Morgan fingerprint density at radius 1 is 1.15 bits per heavy atom. The third-order valence-corrected chi connectivity index (χ3v) is 3.89. The van der Waals surface area contributed by atoms with Gasteiger partial charge in [-0.05, 0) is 12.1 Å². The molecule has 2 aromatic carbocycles. The number of carbonyl (C=O) groups excluding carboxylic acids is 1. The highest BCUT2D eigenvalue weighted by atomic mass is 35.5. The number of anilines is 1. The highest BCUT2D eigenvalue weighted by Crippen LogP contribution is 2.33. The van der Waals surface area contributed by atoms with Crippen LogP contribution in [0.2, 0.25) is 5.02 Å². The van der Waals surface area contributed by atoms with Crippen LogP contribution in [0, 0.1) is 0 Å². The predicted molar refractivity (Wildman–Crippen MR) is 94.7 cm³/mol. The fourth-order valence-corrected chi connectivity index (χ4v) is 2.69. The number of alkyl halides is 2. The fraction of sp³-hybridized carbons (Fsp3) is 0.111. The summed E-state index contributed by atoms with van der Waals surface area (Å²) in [7, 11) is 1.46. The van der Waals surface area contributed by atoms with Crippen LogP contribution < -0.4 is 10.1 Å². The summed E-state index contributed by atoms with van der Waals surface area (Å²) in [5.41, 5.74) is 1.24. The molecule has 0 unspecified atom stereocenters. The number of aromatic nitrogens is 2. The maximum Gasteiger partial charge on any atom is 0.417 e. The first-order valence-corrected chi connectivity index (χ1v) is 7.98. The minimum absolute atomic E-state index is 0.296. The standard InChI is InChI=1S/C18H14ClF2N3O2/c1-24-10-15(16(23-24)17(20)21)26-18(25)22-14-9-5-3-7-12(14)11-6-2-4-8-13(11)19/h2-10,17H,1H3,(H,22,25). The van der Waals surface area contributed by atoms with Gasteiger partial charge in [-0.15, -0.1) is 0 Å². The van der Waals surface area contributed by atoms with E-state index in [1.165, 1.54) is 13.2 Å². The SMILES string of the molecule is Cn1cc(OC(=O)Nc2ccccc2-c2ccccc2Cl)c(C(F)F)n1. The summed E-state index contributed by atoms with van der Waals surface area (Å²) in [6, 6.07) is 14.1. The van der Waals surface area contributed by atoms with Crippen molar-refractivity contribution < 1.29 is 18.3 Å². The van der Waals surface area contributed by atoms with Gasteiger partial charge in [0.05, 0.1) is 11.9 Å². The molecule has 3 rings (SSSR count). The van der Waals surface area contributed by atoms with Gasteiger partial charge in [-0.1, -0.05) is 48.0 Å². The van der Waals surface area contributed by atoms with E-state index in [9.17, 15) is 13.6 Å². The number of nitrogens with zero attached hydrogens (tertiary/aromatic N) is 2.